The second kappa shape index (κ2) is 6.02. The minimum absolute atomic E-state index is 0.206. The van der Waals surface area contributed by atoms with E-state index in [0.29, 0.717) is 23.0 Å². The summed E-state index contributed by atoms with van der Waals surface area (Å²) in [6.07, 6.45) is 2.03. The molecule has 1 aromatic heterocycles. The normalized spacial score (nSPS) is 17.0. The fraction of sp³-hybridized carbons (Fsp3) is 0.700. The van der Waals surface area contributed by atoms with Crippen molar-refractivity contribution in [3.8, 4) is 6.01 Å². The van der Waals surface area contributed by atoms with Gasteiger partial charge in [0, 0.05) is 18.5 Å². The smallest absolute Gasteiger partial charge is 0.322 e. The van der Waals surface area contributed by atoms with Gasteiger partial charge in [-0.2, -0.15) is 15.0 Å². The Bertz CT molecular complexity index is 371. The molecule has 1 aromatic rings. The Balaban J connectivity index is 2.03. The summed E-state index contributed by atoms with van der Waals surface area (Å²) >= 11 is 1.62. The molecule has 6 nitrogen and oxygen atoms in total. The number of hydrogen-bond acceptors (Lipinski definition) is 7. The third kappa shape index (κ3) is 3.71. The van der Waals surface area contributed by atoms with Gasteiger partial charge in [0.2, 0.25) is 5.95 Å². The molecule has 0 unspecified atom stereocenters. The molecule has 2 rings (SSSR count). The summed E-state index contributed by atoms with van der Waals surface area (Å²) in [5.74, 6) is 0.206. The largest absolute Gasteiger partial charge is 0.464 e. The third-order valence-corrected chi connectivity index (χ3v) is 3.52. The number of nitrogens with two attached hydrogens (primary N) is 1. The zero-order chi connectivity index (χ0) is 12.1. The lowest BCUT2D eigenvalue weighted by Gasteiger charge is -2.20. The van der Waals surface area contributed by atoms with E-state index >= 15 is 0 Å². The third-order valence-electron chi connectivity index (χ3n) is 2.33. The van der Waals surface area contributed by atoms with Crippen molar-refractivity contribution in [1.82, 2.24) is 15.0 Å². The Hall–Kier alpha value is -1.08. The summed E-state index contributed by atoms with van der Waals surface area (Å²) in [6, 6.07) is 0.301. The molecular weight excluding hydrogens is 240 g/mol. The molecule has 0 amide bonds. The summed E-state index contributed by atoms with van der Waals surface area (Å²) in [5, 5.41) is 1.12. The van der Waals surface area contributed by atoms with E-state index in [1.807, 2.05) is 6.92 Å². The van der Waals surface area contributed by atoms with Gasteiger partial charge in [-0.3, -0.25) is 0 Å². The highest BCUT2D eigenvalue weighted by molar-refractivity contribution is 7.99. The second-order valence-electron chi connectivity index (χ2n) is 3.62. The fourth-order valence-electron chi connectivity index (χ4n) is 1.54. The van der Waals surface area contributed by atoms with Crippen LogP contribution in [-0.4, -0.2) is 40.0 Å². The lowest BCUT2D eigenvalue weighted by Crippen LogP contribution is -2.18. The molecule has 0 spiro atoms. The van der Waals surface area contributed by atoms with Gasteiger partial charge < -0.3 is 15.2 Å². The molecule has 17 heavy (non-hydrogen) atoms. The first-order valence-corrected chi connectivity index (χ1v) is 6.54. The first kappa shape index (κ1) is 12.4. The molecule has 0 bridgehead atoms. The predicted octanol–water partition coefficient (Wildman–Crippen LogP) is 1.12. The highest BCUT2D eigenvalue weighted by Crippen LogP contribution is 2.28. The second-order valence-corrected chi connectivity index (χ2v) is 4.89. The van der Waals surface area contributed by atoms with Crippen molar-refractivity contribution in [1.29, 1.82) is 0 Å². The molecule has 0 radical (unpaired) electrons. The molecule has 1 saturated heterocycles. The van der Waals surface area contributed by atoms with Crippen molar-refractivity contribution in [2.24, 2.45) is 0 Å². The lowest BCUT2D eigenvalue weighted by atomic mass is 10.2. The summed E-state index contributed by atoms with van der Waals surface area (Å²) in [7, 11) is 0. The Kier molecular flexibility index (Phi) is 4.38. The van der Waals surface area contributed by atoms with Crippen LogP contribution in [0.15, 0.2) is 5.16 Å². The van der Waals surface area contributed by atoms with Gasteiger partial charge in [-0.05, 0) is 19.8 Å². The Morgan fingerprint density at radius 3 is 2.82 bits per heavy atom. The van der Waals surface area contributed by atoms with Crippen molar-refractivity contribution in [3.63, 3.8) is 0 Å². The van der Waals surface area contributed by atoms with Crippen molar-refractivity contribution in [2.45, 2.75) is 30.2 Å². The number of hydrogen-bond donors (Lipinski definition) is 1. The summed E-state index contributed by atoms with van der Waals surface area (Å²) in [5.41, 5.74) is 5.61. The molecule has 0 aromatic carbocycles. The lowest BCUT2D eigenvalue weighted by molar-refractivity contribution is 0.1000. The standard InChI is InChI=1S/C10H16N4O2S/c1-2-16-9-12-8(11)13-10(14-9)17-7-3-5-15-6-4-7/h7H,2-6H2,1H3,(H2,11,12,13,14). The van der Waals surface area contributed by atoms with Crippen LogP contribution in [0.25, 0.3) is 0 Å². The quantitative estimate of drug-likeness (QED) is 0.864. The number of thioether (sulfide) groups is 1. The SMILES string of the molecule is CCOc1nc(N)nc(SC2CCOCC2)n1. The van der Waals surface area contributed by atoms with Gasteiger partial charge in [-0.25, -0.2) is 0 Å². The zero-order valence-corrected chi connectivity index (χ0v) is 10.6. The van der Waals surface area contributed by atoms with Gasteiger partial charge in [0.15, 0.2) is 5.16 Å². The van der Waals surface area contributed by atoms with Gasteiger partial charge in [0.05, 0.1) is 6.61 Å². The van der Waals surface area contributed by atoms with Crippen LogP contribution >= 0.6 is 11.8 Å². The summed E-state index contributed by atoms with van der Waals surface area (Å²) in [4.78, 5) is 12.2. The molecule has 1 aliphatic heterocycles. The number of rotatable bonds is 4. The molecule has 2 heterocycles. The first-order chi connectivity index (χ1) is 8.28. The predicted molar refractivity (Wildman–Crippen MR) is 65.1 cm³/mol. The van der Waals surface area contributed by atoms with E-state index in [4.69, 9.17) is 15.2 Å². The van der Waals surface area contributed by atoms with Crippen LogP contribution in [-0.2, 0) is 4.74 Å². The van der Waals surface area contributed by atoms with Gasteiger partial charge in [-0.15, -0.1) is 0 Å². The number of nitrogen functional groups attached to an aromatic ring is 1. The van der Waals surface area contributed by atoms with Gasteiger partial charge in [0.1, 0.15) is 0 Å². The number of anilines is 1. The van der Waals surface area contributed by atoms with Crippen LogP contribution in [0.1, 0.15) is 19.8 Å². The van der Waals surface area contributed by atoms with E-state index in [-0.39, 0.29) is 5.95 Å². The van der Waals surface area contributed by atoms with Crippen LogP contribution in [0.3, 0.4) is 0 Å². The first-order valence-electron chi connectivity index (χ1n) is 5.66. The summed E-state index contributed by atoms with van der Waals surface area (Å²) < 4.78 is 10.5. The van der Waals surface area contributed by atoms with Crippen molar-refractivity contribution < 1.29 is 9.47 Å². The molecule has 7 heteroatoms. The average Bonchev–Trinajstić information content (AvgIpc) is 2.30. The maximum absolute atomic E-state index is 5.61. The van der Waals surface area contributed by atoms with E-state index in [1.54, 1.807) is 11.8 Å². The Morgan fingerprint density at radius 1 is 1.35 bits per heavy atom. The topological polar surface area (TPSA) is 83.2 Å². The highest BCUT2D eigenvalue weighted by Gasteiger charge is 2.17. The molecule has 1 aliphatic rings. The van der Waals surface area contributed by atoms with Crippen molar-refractivity contribution >= 4 is 17.7 Å². The van der Waals surface area contributed by atoms with Gasteiger partial charge in [-0.1, -0.05) is 11.8 Å². The Labute approximate surface area is 104 Å². The number of nitrogens with zero attached hydrogens (tertiary/aromatic N) is 3. The maximum atomic E-state index is 5.61. The van der Waals surface area contributed by atoms with Crippen LogP contribution in [0.4, 0.5) is 5.95 Å². The molecule has 1 fully saturated rings. The van der Waals surface area contributed by atoms with Gasteiger partial charge in [0.25, 0.3) is 0 Å². The molecular formula is C10H16N4O2S. The molecule has 94 valence electrons. The minimum atomic E-state index is 0.206. The average molecular weight is 256 g/mol. The van der Waals surface area contributed by atoms with Crippen molar-refractivity contribution in [2.75, 3.05) is 25.6 Å². The molecule has 2 N–H and O–H groups in total. The van der Waals surface area contributed by atoms with E-state index < -0.39 is 0 Å². The van der Waals surface area contributed by atoms with Gasteiger partial charge >= 0.3 is 6.01 Å². The molecule has 0 saturated carbocycles. The van der Waals surface area contributed by atoms with Crippen molar-refractivity contribution in [3.05, 3.63) is 0 Å². The fourth-order valence-corrected chi connectivity index (χ4v) is 2.55. The molecule has 0 atom stereocenters. The van der Waals surface area contributed by atoms with E-state index in [9.17, 15) is 0 Å². The zero-order valence-electron chi connectivity index (χ0n) is 9.76. The highest BCUT2D eigenvalue weighted by atomic mass is 32.2. The van der Waals surface area contributed by atoms with Crippen LogP contribution in [0.5, 0.6) is 6.01 Å². The van der Waals surface area contributed by atoms with Crippen LogP contribution in [0.2, 0.25) is 0 Å². The van der Waals surface area contributed by atoms with Crippen LogP contribution in [0, 0.1) is 0 Å². The Morgan fingerprint density at radius 2 is 2.12 bits per heavy atom. The monoisotopic (exact) mass is 256 g/mol. The van der Waals surface area contributed by atoms with E-state index in [1.165, 1.54) is 0 Å². The number of aromatic nitrogens is 3. The summed E-state index contributed by atoms with van der Waals surface area (Å²) in [6.45, 7) is 4.00. The van der Waals surface area contributed by atoms with E-state index in [0.717, 1.165) is 26.1 Å². The maximum Gasteiger partial charge on any atom is 0.322 e. The minimum Gasteiger partial charge on any atom is -0.464 e. The number of ether oxygens (including phenoxy) is 2. The van der Waals surface area contributed by atoms with Crippen LogP contribution < -0.4 is 10.5 Å². The molecule has 0 aliphatic carbocycles. The van der Waals surface area contributed by atoms with E-state index in [2.05, 4.69) is 15.0 Å².